The number of aryl methyl sites for hydroxylation is 1. The van der Waals surface area contributed by atoms with Gasteiger partial charge in [-0.25, -0.2) is 0 Å². The van der Waals surface area contributed by atoms with Crippen LogP contribution in [-0.4, -0.2) is 17.5 Å². The number of nitrogens with zero attached hydrogens (tertiary/aromatic N) is 1. The molecule has 1 aromatic heterocycles. The predicted molar refractivity (Wildman–Crippen MR) is 68.8 cm³/mol. The van der Waals surface area contributed by atoms with E-state index in [-0.39, 0.29) is 18.1 Å². The minimum atomic E-state index is -0.371. The normalized spacial score (nSPS) is 16.7. The Morgan fingerprint density at radius 2 is 2.44 bits per heavy atom. The van der Waals surface area contributed by atoms with Gasteiger partial charge < -0.3 is 10.1 Å². The molecule has 18 heavy (non-hydrogen) atoms. The van der Waals surface area contributed by atoms with Gasteiger partial charge in [0.1, 0.15) is 12.2 Å². The van der Waals surface area contributed by atoms with Gasteiger partial charge in [-0.3, -0.25) is 9.78 Å². The van der Waals surface area contributed by atoms with Crippen LogP contribution in [0.5, 0.6) is 0 Å². The summed E-state index contributed by atoms with van der Waals surface area (Å²) in [5.74, 6) is -0.177. The molecule has 0 spiro atoms. The van der Waals surface area contributed by atoms with Crippen molar-refractivity contribution in [1.82, 2.24) is 10.3 Å². The molecule has 0 aromatic carbocycles. The largest absolute Gasteiger partial charge is 0.359 e. The zero-order valence-corrected chi connectivity index (χ0v) is 10.6. The van der Waals surface area contributed by atoms with Crippen LogP contribution < -0.4 is 5.32 Å². The molecule has 0 aliphatic heterocycles. The third-order valence-electron chi connectivity index (χ3n) is 3.29. The van der Waals surface area contributed by atoms with E-state index >= 15 is 0 Å². The Balaban J connectivity index is 2.06. The van der Waals surface area contributed by atoms with Crippen LogP contribution in [0.1, 0.15) is 30.5 Å². The lowest BCUT2D eigenvalue weighted by Gasteiger charge is -2.40. The monoisotopic (exact) mass is 246 g/mol. The standard InChI is InChI=1S/C14H18N2O2/c1-3-15-13(17)10-18-14(6-4-7-14)12-9-11(2)5-8-16-12/h3,5,8-9H,1,4,6-7,10H2,2H3,(H,15,17). The van der Waals surface area contributed by atoms with Crippen molar-refractivity contribution in [2.75, 3.05) is 6.61 Å². The zero-order valence-electron chi connectivity index (χ0n) is 10.6. The third-order valence-corrected chi connectivity index (χ3v) is 3.29. The van der Waals surface area contributed by atoms with Crippen LogP contribution in [0.3, 0.4) is 0 Å². The maximum atomic E-state index is 11.4. The zero-order chi connectivity index (χ0) is 13.0. The Morgan fingerprint density at radius 3 is 3.00 bits per heavy atom. The smallest absolute Gasteiger partial charge is 0.249 e. The molecule has 1 saturated carbocycles. The van der Waals surface area contributed by atoms with Gasteiger partial charge in [-0.15, -0.1) is 0 Å². The second-order valence-corrected chi connectivity index (χ2v) is 4.63. The van der Waals surface area contributed by atoms with Gasteiger partial charge in [0.05, 0.1) is 5.69 Å². The number of rotatable bonds is 5. The van der Waals surface area contributed by atoms with Gasteiger partial charge in [0.25, 0.3) is 0 Å². The summed E-state index contributed by atoms with van der Waals surface area (Å²) >= 11 is 0. The second-order valence-electron chi connectivity index (χ2n) is 4.63. The lowest BCUT2D eigenvalue weighted by Crippen LogP contribution is -2.40. The molecule has 1 amide bonds. The minimum absolute atomic E-state index is 0.0433. The summed E-state index contributed by atoms with van der Waals surface area (Å²) in [5, 5.41) is 2.51. The Kier molecular flexibility index (Phi) is 3.77. The molecule has 1 fully saturated rings. The first-order chi connectivity index (χ1) is 8.66. The molecule has 1 heterocycles. The fourth-order valence-corrected chi connectivity index (χ4v) is 2.12. The first-order valence-corrected chi connectivity index (χ1v) is 6.14. The number of carbonyl (C=O) groups excluding carboxylic acids is 1. The van der Waals surface area contributed by atoms with E-state index in [1.807, 2.05) is 19.1 Å². The molecular weight excluding hydrogens is 228 g/mol. The first kappa shape index (κ1) is 12.8. The Morgan fingerprint density at radius 1 is 1.67 bits per heavy atom. The van der Waals surface area contributed by atoms with Crippen molar-refractivity contribution in [3.8, 4) is 0 Å². The van der Waals surface area contributed by atoms with Crippen LogP contribution in [0.4, 0.5) is 0 Å². The molecule has 1 aliphatic rings. The van der Waals surface area contributed by atoms with Gasteiger partial charge in [-0.2, -0.15) is 0 Å². The summed E-state index contributed by atoms with van der Waals surface area (Å²) in [7, 11) is 0. The molecule has 0 bridgehead atoms. The summed E-state index contributed by atoms with van der Waals surface area (Å²) in [5.41, 5.74) is 1.72. The highest BCUT2D eigenvalue weighted by molar-refractivity contribution is 5.78. The number of ether oxygens (including phenoxy) is 1. The average Bonchev–Trinajstić information content (AvgIpc) is 2.28. The minimum Gasteiger partial charge on any atom is -0.359 e. The maximum Gasteiger partial charge on any atom is 0.249 e. The predicted octanol–water partition coefficient (Wildman–Crippen LogP) is 2.05. The number of amides is 1. The topological polar surface area (TPSA) is 51.2 Å². The summed E-state index contributed by atoms with van der Waals surface area (Å²) in [6, 6.07) is 3.99. The van der Waals surface area contributed by atoms with Gasteiger partial charge in [-0.05, 0) is 50.1 Å². The molecule has 2 rings (SSSR count). The number of hydrogen-bond acceptors (Lipinski definition) is 3. The number of pyridine rings is 1. The Bertz CT molecular complexity index is 453. The molecule has 4 heteroatoms. The van der Waals surface area contributed by atoms with E-state index in [4.69, 9.17) is 4.74 Å². The van der Waals surface area contributed by atoms with Crippen LogP contribution in [0.25, 0.3) is 0 Å². The van der Waals surface area contributed by atoms with E-state index < -0.39 is 0 Å². The number of carbonyl (C=O) groups is 1. The van der Waals surface area contributed by atoms with Crippen molar-refractivity contribution in [2.45, 2.75) is 31.8 Å². The van der Waals surface area contributed by atoms with Gasteiger partial charge in [0, 0.05) is 6.20 Å². The van der Waals surface area contributed by atoms with Crippen molar-refractivity contribution < 1.29 is 9.53 Å². The lowest BCUT2D eigenvalue weighted by molar-refractivity contribution is -0.144. The highest BCUT2D eigenvalue weighted by Crippen LogP contribution is 2.43. The molecular formula is C14H18N2O2. The molecule has 4 nitrogen and oxygen atoms in total. The molecule has 1 aliphatic carbocycles. The highest BCUT2D eigenvalue weighted by atomic mass is 16.5. The number of hydrogen-bond donors (Lipinski definition) is 1. The van der Waals surface area contributed by atoms with Crippen molar-refractivity contribution in [3.63, 3.8) is 0 Å². The maximum absolute atomic E-state index is 11.4. The van der Waals surface area contributed by atoms with Crippen LogP contribution in [-0.2, 0) is 15.1 Å². The lowest BCUT2D eigenvalue weighted by atomic mass is 9.77. The second kappa shape index (κ2) is 5.31. The van der Waals surface area contributed by atoms with Gasteiger partial charge in [-0.1, -0.05) is 6.58 Å². The van der Waals surface area contributed by atoms with Crippen molar-refractivity contribution in [2.24, 2.45) is 0 Å². The quantitative estimate of drug-likeness (QED) is 0.865. The molecule has 0 unspecified atom stereocenters. The highest BCUT2D eigenvalue weighted by Gasteiger charge is 2.41. The van der Waals surface area contributed by atoms with Gasteiger partial charge in [0.15, 0.2) is 0 Å². The fourth-order valence-electron chi connectivity index (χ4n) is 2.12. The summed E-state index contributed by atoms with van der Waals surface area (Å²) in [4.78, 5) is 15.8. The van der Waals surface area contributed by atoms with E-state index in [9.17, 15) is 4.79 Å². The van der Waals surface area contributed by atoms with Crippen LogP contribution in [0.2, 0.25) is 0 Å². The Hall–Kier alpha value is -1.68. The van der Waals surface area contributed by atoms with Crippen molar-refractivity contribution in [1.29, 1.82) is 0 Å². The van der Waals surface area contributed by atoms with E-state index in [1.54, 1.807) is 6.20 Å². The van der Waals surface area contributed by atoms with E-state index in [2.05, 4.69) is 16.9 Å². The molecule has 0 saturated heterocycles. The van der Waals surface area contributed by atoms with Crippen molar-refractivity contribution in [3.05, 3.63) is 42.4 Å². The average molecular weight is 246 g/mol. The van der Waals surface area contributed by atoms with E-state index in [0.29, 0.717) is 0 Å². The van der Waals surface area contributed by atoms with Gasteiger partial charge >= 0.3 is 0 Å². The first-order valence-electron chi connectivity index (χ1n) is 6.14. The van der Waals surface area contributed by atoms with Crippen LogP contribution >= 0.6 is 0 Å². The number of aromatic nitrogens is 1. The Labute approximate surface area is 107 Å². The van der Waals surface area contributed by atoms with Crippen LogP contribution in [0, 0.1) is 6.92 Å². The summed E-state index contributed by atoms with van der Waals surface area (Å²) in [6.45, 7) is 5.52. The van der Waals surface area contributed by atoms with E-state index in [1.165, 1.54) is 6.20 Å². The molecule has 1 aromatic rings. The molecule has 1 N–H and O–H groups in total. The number of nitrogens with one attached hydrogen (secondary N) is 1. The van der Waals surface area contributed by atoms with E-state index in [0.717, 1.165) is 30.5 Å². The van der Waals surface area contributed by atoms with Crippen molar-refractivity contribution >= 4 is 5.91 Å². The fraction of sp³-hybridized carbons (Fsp3) is 0.429. The van der Waals surface area contributed by atoms with Gasteiger partial charge in [0.2, 0.25) is 5.91 Å². The summed E-state index contributed by atoms with van der Waals surface area (Å²) < 4.78 is 5.80. The summed E-state index contributed by atoms with van der Waals surface area (Å²) in [6.07, 6.45) is 6.11. The van der Waals surface area contributed by atoms with Crippen LogP contribution in [0.15, 0.2) is 31.1 Å². The molecule has 0 atom stereocenters. The molecule has 0 radical (unpaired) electrons. The SMILES string of the molecule is C=CNC(=O)COC1(c2cc(C)ccn2)CCC1. The third kappa shape index (κ3) is 2.59. The molecule has 96 valence electrons.